The summed E-state index contributed by atoms with van der Waals surface area (Å²) in [7, 11) is 1.60. The number of nitrogens with zero attached hydrogens (tertiary/aromatic N) is 1. The van der Waals surface area contributed by atoms with Crippen LogP contribution in [0.15, 0.2) is 29.1 Å². The second-order valence-corrected chi connectivity index (χ2v) is 8.74. The normalized spacial score (nSPS) is 13.3. The third-order valence-electron chi connectivity index (χ3n) is 4.72. The van der Waals surface area contributed by atoms with E-state index in [2.05, 4.69) is 15.3 Å². The van der Waals surface area contributed by atoms with Crippen LogP contribution in [0, 0.1) is 0 Å². The van der Waals surface area contributed by atoms with Gasteiger partial charge in [-0.05, 0) is 55.5 Å². The summed E-state index contributed by atoms with van der Waals surface area (Å²) in [5, 5.41) is 3.62. The first kappa shape index (κ1) is 19.0. The summed E-state index contributed by atoms with van der Waals surface area (Å²) < 4.78 is 5.10. The molecule has 6 nitrogen and oxygen atoms in total. The Kier molecular flexibility index (Phi) is 5.68. The minimum Gasteiger partial charge on any atom is -0.497 e. The molecular formula is C20H21N3O3S2. The maximum atomic E-state index is 12.5. The van der Waals surface area contributed by atoms with Crippen LogP contribution in [0.2, 0.25) is 0 Å². The largest absolute Gasteiger partial charge is 0.497 e. The molecule has 28 heavy (non-hydrogen) atoms. The number of H-pyrrole nitrogens is 1. The van der Waals surface area contributed by atoms with Crippen molar-refractivity contribution in [2.75, 3.05) is 18.2 Å². The van der Waals surface area contributed by atoms with Crippen LogP contribution >= 0.6 is 23.1 Å². The van der Waals surface area contributed by atoms with Crippen molar-refractivity contribution in [1.29, 1.82) is 0 Å². The number of fused-ring (bicyclic) bond motifs is 3. The molecule has 0 aliphatic heterocycles. The third-order valence-corrected chi connectivity index (χ3v) is 6.85. The van der Waals surface area contributed by atoms with Crippen LogP contribution < -0.4 is 15.6 Å². The molecule has 1 amide bonds. The van der Waals surface area contributed by atoms with Gasteiger partial charge >= 0.3 is 0 Å². The molecule has 2 aromatic heterocycles. The monoisotopic (exact) mass is 415 g/mol. The van der Waals surface area contributed by atoms with Crippen molar-refractivity contribution in [2.24, 2.45) is 0 Å². The molecule has 3 aromatic rings. The Morgan fingerprint density at radius 1 is 1.29 bits per heavy atom. The first-order valence-corrected chi connectivity index (χ1v) is 11.2. The van der Waals surface area contributed by atoms with E-state index in [0.717, 1.165) is 40.9 Å². The predicted molar refractivity (Wildman–Crippen MR) is 115 cm³/mol. The van der Waals surface area contributed by atoms with Gasteiger partial charge in [0.1, 0.15) is 16.4 Å². The lowest BCUT2D eigenvalue weighted by Crippen LogP contribution is -2.15. The average molecular weight is 416 g/mol. The summed E-state index contributed by atoms with van der Waals surface area (Å²) in [4.78, 5) is 34.3. The molecular weight excluding hydrogens is 394 g/mol. The maximum Gasteiger partial charge on any atom is 0.259 e. The van der Waals surface area contributed by atoms with Gasteiger partial charge in [-0.3, -0.25) is 9.59 Å². The summed E-state index contributed by atoms with van der Waals surface area (Å²) >= 11 is 3.07. The first-order chi connectivity index (χ1) is 13.6. The van der Waals surface area contributed by atoms with E-state index >= 15 is 0 Å². The Labute approximate surface area is 170 Å². The number of thioether (sulfide) groups is 1. The molecule has 0 saturated heterocycles. The molecule has 2 heterocycles. The summed E-state index contributed by atoms with van der Waals surface area (Å²) in [6.45, 7) is 0. The van der Waals surface area contributed by atoms with Crippen LogP contribution in [0.5, 0.6) is 5.75 Å². The van der Waals surface area contributed by atoms with Crippen molar-refractivity contribution in [3.8, 4) is 5.75 Å². The molecule has 0 atom stereocenters. The summed E-state index contributed by atoms with van der Waals surface area (Å²) in [5.41, 5.74) is 1.87. The summed E-state index contributed by atoms with van der Waals surface area (Å²) in [5.74, 6) is 2.05. The van der Waals surface area contributed by atoms with E-state index in [0.29, 0.717) is 11.6 Å². The van der Waals surface area contributed by atoms with Gasteiger partial charge in [0.2, 0.25) is 5.91 Å². The molecule has 8 heteroatoms. The topological polar surface area (TPSA) is 84.1 Å². The van der Waals surface area contributed by atoms with Crippen molar-refractivity contribution < 1.29 is 9.53 Å². The lowest BCUT2D eigenvalue weighted by Gasteiger charge is -2.09. The zero-order chi connectivity index (χ0) is 19.5. The number of thiophene rings is 1. The molecule has 1 aliphatic carbocycles. The van der Waals surface area contributed by atoms with Crippen LogP contribution in [-0.2, 0) is 23.4 Å². The number of carbonyl (C=O) groups excluding carboxylic acids is 1. The van der Waals surface area contributed by atoms with Gasteiger partial charge in [-0.1, -0.05) is 0 Å². The maximum absolute atomic E-state index is 12.5. The molecule has 0 bridgehead atoms. The van der Waals surface area contributed by atoms with E-state index in [1.807, 2.05) is 0 Å². The number of carbonyl (C=O) groups is 1. The molecule has 0 unspecified atom stereocenters. The highest BCUT2D eigenvalue weighted by Gasteiger charge is 2.19. The van der Waals surface area contributed by atoms with Crippen molar-refractivity contribution in [2.45, 2.75) is 31.4 Å². The Balaban J connectivity index is 1.37. The quantitative estimate of drug-likeness (QED) is 0.641. The fourth-order valence-corrected chi connectivity index (χ4v) is 5.36. The Morgan fingerprint density at radius 2 is 2.07 bits per heavy atom. The van der Waals surface area contributed by atoms with Crippen LogP contribution in [0.25, 0.3) is 10.2 Å². The minimum absolute atomic E-state index is 0.0531. The number of nitrogens with one attached hydrogen (secondary N) is 2. The van der Waals surface area contributed by atoms with E-state index in [-0.39, 0.29) is 17.2 Å². The molecule has 1 aromatic carbocycles. The second kappa shape index (κ2) is 8.36. The van der Waals surface area contributed by atoms with Crippen molar-refractivity contribution >= 4 is 44.9 Å². The highest BCUT2D eigenvalue weighted by atomic mass is 32.2. The predicted octanol–water partition coefficient (Wildman–Crippen LogP) is 3.74. The van der Waals surface area contributed by atoms with Gasteiger partial charge < -0.3 is 15.0 Å². The highest BCUT2D eigenvalue weighted by molar-refractivity contribution is 7.99. The Bertz CT molecular complexity index is 1060. The number of amides is 1. The standard InChI is InChI=1S/C20H21N3O3S2/c1-26-13-8-6-12(7-9-13)21-17(24)11-27-10-16-22-19(25)18-14-4-2-3-5-15(14)28-20(18)23-16/h6-9H,2-5,10-11H2,1H3,(H,21,24)(H,22,23,25). The van der Waals surface area contributed by atoms with Crippen LogP contribution in [0.1, 0.15) is 29.1 Å². The van der Waals surface area contributed by atoms with Crippen LogP contribution in [0.4, 0.5) is 5.69 Å². The van der Waals surface area contributed by atoms with E-state index in [1.165, 1.54) is 28.6 Å². The summed E-state index contributed by atoms with van der Waals surface area (Å²) in [6, 6.07) is 7.19. The number of methoxy groups -OCH3 is 1. The summed E-state index contributed by atoms with van der Waals surface area (Å²) in [6.07, 6.45) is 4.34. The first-order valence-electron chi connectivity index (χ1n) is 9.19. The van der Waals surface area contributed by atoms with Crippen molar-refractivity contribution in [3.05, 3.63) is 50.9 Å². The smallest absolute Gasteiger partial charge is 0.259 e. The molecule has 0 radical (unpaired) electrons. The number of rotatable bonds is 6. The van der Waals surface area contributed by atoms with Gasteiger partial charge in [-0.15, -0.1) is 23.1 Å². The Hall–Kier alpha value is -2.32. The van der Waals surface area contributed by atoms with Gasteiger partial charge in [-0.2, -0.15) is 0 Å². The molecule has 146 valence electrons. The number of benzene rings is 1. The molecule has 4 rings (SSSR count). The minimum atomic E-state index is -0.0924. The number of aryl methyl sites for hydroxylation is 2. The molecule has 0 spiro atoms. The van der Waals surface area contributed by atoms with Gasteiger partial charge in [0, 0.05) is 10.6 Å². The SMILES string of the molecule is COc1ccc(NC(=O)CSCc2nc3sc4c(c3c(=O)[nH]2)CCCC4)cc1. The van der Waals surface area contributed by atoms with Gasteiger partial charge in [-0.25, -0.2) is 4.98 Å². The molecule has 0 fully saturated rings. The third kappa shape index (κ3) is 4.07. The number of hydrogen-bond donors (Lipinski definition) is 2. The van der Waals surface area contributed by atoms with Crippen molar-refractivity contribution in [1.82, 2.24) is 9.97 Å². The lowest BCUT2D eigenvalue weighted by molar-refractivity contribution is -0.113. The van der Waals surface area contributed by atoms with E-state index in [1.54, 1.807) is 42.7 Å². The fourth-order valence-electron chi connectivity index (χ4n) is 3.39. The number of anilines is 1. The number of hydrogen-bond acceptors (Lipinski definition) is 6. The van der Waals surface area contributed by atoms with Gasteiger partial charge in [0.15, 0.2) is 0 Å². The molecule has 2 N–H and O–H groups in total. The zero-order valence-corrected chi connectivity index (χ0v) is 17.2. The number of aromatic nitrogens is 2. The number of aromatic amines is 1. The lowest BCUT2D eigenvalue weighted by atomic mass is 9.97. The van der Waals surface area contributed by atoms with Gasteiger partial charge in [0.05, 0.1) is 24.0 Å². The van der Waals surface area contributed by atoms with Crippen LogP contribution in [0.3, 0.4) is 0 Å². The second-order valence-electron chi connectivity index (χ2n) is 6.67. The Morgan fingerprint density at radius 3 is 2.86 bits per heavy atom. The van der Waals surface area contributed by atoms with Crippen molar-refractivity contribution in [3.63, 3.8) is 0 Å². The molecule has 0 saturated carbocycles. The fraction of sp³-hybridized carbons (Fsp3) is 0.350. The van der Waals surface area contributed by atoms with E-state index in [4.69, 9.17) is 4.74 Å². The highest BCUT2D eigenvalue weighted by Crippen LogP contribution is 2.33. The van der Waals surface area contributed by atoms with E-state index in [9.17, 15) is 9.59 Å². The average Bonchev–Trinajstić information content (AvgIpc) is 3.07. The number of ether oxygens (including phenoxy) is 1. The van der Waals surface area contributed by atoms with Gasteiger partial charge in [0.25, 0.3) is 5.56 Å². The zero-order valence-electron chi connectivity index (χ0n) is 15.5. The molecule has 1 aliphatic rings. The van der Waals surface area contributed by atoms with E-state index < -0.39 is 0 Å². The van der Waals surface area contributed by atoms with Crippen LogP contribution in [-0.4, -0.2) is 28.7 Å².